The van der Waals surface area contributed by atoms with Gasteiger partial charge >= 0.3 is 0 Å². The van der Waals surface area contributed by atoms with E-state index in [0.29, 0.717) is 28.0 Å². The fraction of sp³-hybridized carbons (Fsp3) is 0. The van der Waals surface area contributed by atoms with Crippen LogP contribution in [0.25, 0.3) is 11.0 Å². The molecule has 0 fully saturated rings. The summed E-state index contributed by atoms with van der Waals surface area (Å²) < 4.78 is 5.72. The number of hydrogen-bond acceptors (Lipinski definition) is 3. The second-order valence-electron chi connectivity index (χ2n) is 5.60. The number of carbonyl (C=O) groups is 1. The summed E-state index contributed by atoms with van der Waals surface area (Å²) in [4.78, 5) is 29.7. The summed E-state index contributed by atoms with van der Waals surface area (Å²) in [7, 11) is 0. The van der Waals surface area contributed by atoms with Crippen molar-refractivity contribution in [3.8, 4) is 11.5 Å². The average Bonchev–Trinajstić information content (AvgIpc) is 3.06. The van der Waals surface area contributed by atoms with E-state index in [0.717, 1.165) is 5.75 Å². The molecule has 5 nitrogen and oxygen atoms in total. The van der Waals surface area contributed by atoms with Crippen LogP contribution >= 0.6 is 0 Å². The number of aromatic amines is 2. The van der Waals surface area contributed by atoms with Crippen LogP contribution < -0.4 is 10.3 Å². The Kier molecular flexibility index (Phi) is 3.67. The van der Waals surface area contributed by atoms with Crippen molar-refractivity contribution in [2.75, 3.05) is 0 Å². The minimum Gasteiger partial charge on any atom is -0.457 e. The molecule has 4 aromatic rings. The number of pyridine rings is 1. The number of benzene rings is 2. The van der Waals surface area contributed by atoms with Crippen molar-refractivity contribution in [2.45, 2.75) is 0 Å². The largest absolute Gasteiger partial charge is 0.457 e. The predicted octanol–water partition coefficient (Wildman–Crippen LogP) is 3.88. The van der Waals surface area contributed by atoms with Crippen LogP contribution in [0.4, 0.5) is 0 Å². The third-order valence-corrected chi connectivity index (χ3v) is 3.85. The molecule has 0 unspecified atom stereocenters. The Labute approximate surface area is 142 Å². The lowest BCUT2D eigenvalue weighted by Gasteiger charge is -2.06. The van der Waals surface area contributed by atoms with Gasteiger partial charge in [0.05, 0.1) is 16.7 Å². The van der Waals surface area contributed by atoms with Crippen LogP contribution in [0.2, 0.25) is 0 Å². The van der Waals surface area contributed by atoms with Crippen LogP contribution in [-0.2, 0) is 0 Å². The lowest BCUT2D eigenvalue weighted by Crippen LogP contribution is -2.01. The molecule has 5 heteroatoms. The van der Waals surface area contributed by atoms with Gasteiger partial charge in [0.15, 0.2) is 0 Å². The van der Waals surface area contributed by atoms with Gasteiger partial charge in [-0.1, -0.05) is 18.2 Å². The molecule has 0 radical (unpaired) electrons. The Morgan fingerprint density at radius 1 is 0.760 bits per heavy atom. The minimum absolute atomic E-state index is 0.150. The van der Waals surface area contributed by atoms with Crippen molar-refractivity contribution >= 4 is 16.8 Å². The van der Waals surface area contributed by atoms with Crippen LogP contribution in [0.1, 0.15) is 16.1 Å². The van der Waals surface area contributed by atoms with E-state index in [4.69, 9.17) is 4.74 Å². The molecule has 2 aromatic carbocycles. The van der Waals surface area contributed by atoms with Gasteiger partial charge in [0.2, 0.25) is 11.3 Å². The van der Waals surface area contributed by atoms with E-state index in [1.807, 2.05) is 30.3 Å². The summed E-state index contributed by atoms with van der Waals surface area (Å²) in [5.74, 6) is 1.24. The Hall–Kier alpha value is -3.60. The predicted molar refractivity (Wildman–Crippen MR) is 95.3 cm³/mol. The van der Waals surface area contributed by atoms with Crippen molar-refractivity contribution in [3.05, 3.63) is 94.4 Å². The lowest BCUT2D eigenvalue weighted by atomic mass is 10.1. The van der Waals surface area contributed by atoms with Crippen molar-refractivity contribution < 1.29 is 9.53 Å². The molecule has 0 amide bonds. The standard InChI is InChI=1S/C20H14N2O3/c23-19-11-10-16-17(22-19)12-18(21-16)20(24)13-6-8-15(9-7-13)25-14-4-2-1-3-5-14/h1-12,21H,(H,22,23). The van der Waals surface area contributed by atoms with E-state index < -0.39 is 0 Å². The number of rotatable bonds is 4. The zero-order valence-corrected chi connectivity index (χ0v) is 13.2. The average molecular weight is 330 g/mol. The first-order chi connectivity index (χ1) is 12.2. The highest BCUT2D eigenvalue weighted by Gasteiger charge is 2.12. The molecular formula is C20H14N2O3. The molecule has 0 spiro atoms. The molecule has 25 heavy (non-hydrogen) atoms. The topological polar surface area (TPSA) is 75.0 Å². The second-order valence-corrected chi connectivity index (χ2v) is 5.60. The highest BCUT2D eigenvalue weighted by atomic mass is 16.5. The molecule has 0 aliphatic carbocycles. The molecule has 0 saturated carbocycles. The molecule has 0 saturated heterocycles. The zero-order chi connectivity index (χ0) is 17.2. The summed E-state index contributed by atoms with van der Waals surface area (Å²) in [6, 6.07) is 21.1. The van der Waals surface area contributed by atoms with Gasteiger partial charge in [0.1, 0.15) is 11.5 Å². The number of carbonyl (C=O) groups excluding carboxylic acids is 1. The molecule has 2 N–H and O–H groups in total. The number of para-hydroxylation sites is 1. The number of nitrogens with one attached hydrogen (secondary N) is 2. The van der Waals surface area contributed by atoms with Gasteiger partial charge < -0.3 is 14.7 Å². The Morgan fingerprint density at radius 2 is 1.48 bits per heavy atom. The SMILES string of the molecule is O=C(c1ccc(Oc2ccccc2)cc1)c1cc2[nH]c(=O)ccc2[nH]1. The van der Waals surface area contributed by atoms with Crippen LogP contribution in [0.3, 0.4) is 0 Å². The van der Waals surface area contributed by atoms with Gasteiger partial charge in [-0.25, -0.2) is 0 Å². The number of ketones is 1. The molecule has 122 valence electrons. The summed E-state index contributed by atoms with van der Waals surface area (Å²) in [6.07, 6.45) is 0. The first-order valence-electron chi connectivity index (χ1n) is 7.79. The second kappa shape index (κ2) is 6.13. The fourth-order valence-corrected chi connectivity index (χ4v) is 2.62. The van der Waals surface area contributed by atoms with E-state index in [1.54, 1.807) is 36.4 Å². The van der Waals surface area contributed by atoms with Crippen molar-refractivity contribution in [3.63, 3.8) is 0 Å². The van der Waals surface area contributed by atoms with Gasteiger partial charge in [-0.2, -0.15) is 0 Å². The lowest BCUT2D eigenvalue weighted by molar-refractivity contribution is 0.103. The van der Waals surface area contributed by atoms with Crippen LogP contribution in [-0.4, -0.2) is 15.8 Å². The number of ether oxygens (including phenoxy) is 1. The smallest absolute Gasteiger partial charge is 0.248 e. The molecule has 0 bridgehead atoms. The van der Waals surface area contributed by atoms with E-state index >= 15 is 0 Å². The summed E-state index contributed by atoms with van der Waals surface area (Å²) in [6.45, 7) is 0. The normalized spacial score (nSPS) is 10.7. The monoisotopic (exact) mass is 330 g/mol. The zero-order valence-electron chi connectivity index (χ0n) is 13.2. The first kappa shape index (κ1) is 15.0. The molecule has 0 atom stereocenters. The number of H-pyrrole nitrogens is 2. The maximum Gasteiger partial charge on any atom is 0.248 e. The molecular weight excluding hydrogens is 316 g/mol. The van der Waals surface area contributed by atoms with Gasteiger partial charge in [-0.15, -0.1) is 0 Å². The van der Waals surface area contributed by atoms with E-state index in [1.165, 1.54) is 6.07 Å². The van der Waals surface area contributed by atoms with E-state index in [9.17, 15) is 9.59 Å². The van der Waals surface area contributed by atoms with Gasteiger partial charge in [0.25, 0.3) is 0 Å². The number of aromatic nitrogens is 2. The highest BCUT2D eigenvalue weighted by molar-refractivity contribution is 6.09. The summed E-state index contributed by atoms with van der Waals surface area (Å²) in [5.41, 5.74) is 2.09. The first-order valence-corrected chi connectivity index (χ1v) is 7.79. The van der Waals surface area contributed by atoms with Crippen LogP contribution in [0.15, 0.2) is 77.6 Å². The minimum atomic E-state index is -0.201. The molecule has 4 rings (SSSR count). The number of fused-ring (bicyclic) bond motifs is 1. The number of hydrogen-bond donors (Lipinski definition) is 2. The summed E-state index contributed by atoms with van der Waals surface area (Å²) >= 11 is 0. The Bertz CT molecular complexity index is 1090. The highest BCUT2D eigenvalue weighted by Crippen LogP contribution is 2.22. The molecule has 0 aliphatic rings. The van der Waals surface area contributed by atoms with Crippen molar-refractivity contribution in [1.82, 2.24) is 9.97 Å². The van der Waals surface area contributed by atoms with Crippen LogP contribution in [0.5, 0.6) is 11.5 Å². The van der Waals surface area contributed by atoms with Gasteiger partial charge in [0, 0.05) is 11.6 Å². The summed E-state index contributed by atoms with van der Waals surface area (Å²) in [5, 5.41) is 0. The van der Waals surface area contributed by atoms with E-state index in [-0.39, 0.29) is 11.3 Å². The molecule has 2 aromatic heterocycles. The third kappa shape index (κ3) is 3.07. The van der Waals surface area contributed by atoms with Gasteiger partial charge in [-0.05, 0) is 48.5 Å². The third-order valence-electron chi connectivity index (χ3n) is 3.85. The molecule has 2 heterocycles. The maximum atomic E-state index is 12.6. The molecule has 0 aliphatic heterocycles. The fourth-order valence-electron chi connectivity index (χ4n) is 2.62. The van der Waals surface area contributed by atoms with E-state index in [2.05, 4.69) is 9.97 Å². The van der Waals surface area contributed by atoms with Crippen molar-refractivity contribution in [2.24, 2.45) is 0 Å². The Balaban J connectivity index is 1.58. The quantitative estimate of drug-likeness (QED) is 0.558. The van der Waals surface area contributed by atoms with Crippen LogP contribution in [0, 0.1) is 0 Å². The maximum absolute atomic E-state index is 12.6. The Morgan fingerprint density at radius 3 is 2.24 bits per heavy atom. The van der Waals surface area contributed by atoms with Crippen molar-refractivity contribution in [1.29, 1.82) is 0 Å². The van der Waals surface area contributed by atoms with Gasteiger partial charge in [-0.3, -0.25) is 9.59 Å².